The first-order valence-corrected chi connectivity index (χ1v) is 9.66. The van der Waals surface area contributed by atoms with Crippen molar-refractivity contribution in [2.24, 2.45) is 0 Å². The fraction of sp³-hybridized carbons (Fsp3) is 0.235. The summed E-state index contributed by atoms with van der Waals surface area (Å²) in [5.41, 5.74) is 1.47. The predicted octanol–water partition coefficient (Wildman–Crippen LogP) is 2.56. The number of carbonyl (C=O) groups is 1. The lowest BCUT2D eigenvalue weighted by atomic mass is 10.1. The highest BCUT2D eigenvalue weighted by Crippen LogP contribution is 2.20. The van der Waals surface area contributed by atoms with Gasteiger partial charge in [-0.15, -0.1) is 0 Å². The smallest absolute Gasteiger partial charge is 0.271 e. The summed E-state index contributed by atoms with van der Waals surface area (Å²) < 4.78 is 25.1. The second-order valence-corrected chi connectivity index (χ2v) is 7.55. The molecule has 0 bridgehead atoms. The number of amides is 1. The third-order valence-corrected chi connectivity index (χ3v) is 4.80. The summed E-state index contributed by atoms with van der Waals surface area (Å²) in [5, 5.41) is 13.3. The van der Waals surface area contributed by atoms with Crippen LogP contribution in [0.2, 0.25) is 0 Å². The van der Waals surface area contributed by atoms with E-state index in [1.54, 1.807) is 24.3 Å². The Labute approximate surface area is 151 Å². The highest BCUT2D eigenvalue weighted by atomic mass is 32.2. The average Bonchev–Trinajstić information content (AvgIpc) is 2.59. The molecule has 9 heteroatoms. The van der Waals surface area contributed by atoms with Crippen LogP contribution >= 0.6 is 0 Å². The summed E-state index contributed by atoms with van der Waals surface area (Å²) in [7, 11) is -3.68. The topological polar surface area (TPSA) is 110 Å². The molecule has 2 aromatic carbocycles. The van der Waals surface area contributed by atoms with Gasteiger partial charge in [-0.2, -0.15) is 0 Å². The number of hydrogen-bond acceptors (Lipinski definition) is 5. The van der Waals surface area contributed by atoms with Crippen molar-refractivity contribution in [3.63, 3.8) is 0 Å². The van der Waals surface area contributed by atoms with E-state index in [4.69, 9.17) is 0 Å². The molecule has 0 saturated heterocycles. The molecule has 0 aliphatic rings. The lowest BCUT2D eigenvalue weighted by Gasteiger charge is -2.22. The fourth-order valence-corrected chi connectivity index (χ4v) is 3.18. The van der Waals surface area contributed by atoms with Gasteiger partial charge in [-0.05, 0) is 30.2 Å². The van der Waals surface area contributed by atoms with E-state index in [9.17, 15) is 23.3 Å². The van der Waals surface area contributed by atoms with Crippen molar-refractivity contribution in [1.29, 1.82) is 0 Å². The van der Waals surface area contributed by atoms with Crippen molar-refractivity contribution >= 4 is 33.0 Å². The lowest BCUT2D eigenvalue weighted by molar-refractivity contribution is -0.384. The zero-order valence-corrected chi connectivity index (χ0v) is 15.2. The second-order valence-electron chi connectivity index (χ2n) is 5.65. The summed E-state index contributed by atoms with van der Waals surface area (Å²) in [6.45, 7) is 1.54. The van der Waals surface area contributed by atoms with Crippen molar-refractivity contribution < 1.29 is 18.1 Å². The molecular weight excluding hydrogens is 358 g/mol. The predicted molar refractivity (Wildman–Crippen MR) is 99.7 cm³/mol. The SMILES string of the molecule is CCc1ccc(N(CC(=O)Nc2cccc([N+](=O)[O-])c2)S(C)(=O)=O)cc1. The largest absolute Gasteiger partial charge is 0.324 e. The average molecular weight is 377 g/mol. The van der Waals surface area contributed by atoms with E-state index in [1.165, 1.54) is 24.3 Å². The molecule has 0 fully saturated rings. The van der Waals surface area contributed by atoms with E-state index in [0.29, 0.717) is 5.69 Å². The van der Waals surface area contributed by atoms with Crippen LogP contribution in [0.5, 0.6) is 0 Å². The molecule has 0 aliphatic heterocycles. The molecule has 2 rings (SSSR count). The van der Waals surface area contributed by atoms with Gasteiger partial charge in [-0.1, -0.05) is 25.1 Å². The Kier molecular flexibility index (Phi) is 5.93. The molecule has 0 spiro atoms. The number of carbonyl (C=O) groups excluding carboxylic acids is 1. The summed E-state index contributed by atoms with van der Waals surface area (Å²) >= 11 is 0. The van der Waals surface area contributed by atoms with Gasteiger partial charge in [-0.25, -0.2) is 8.42 Å². The van der Waals surface area contributed by atoms with E-state index in [0.717, 1.165) is 22.5 Å². The fourth-order valence-electron chi connectivity index (χ4n) is 2.33. The minimum Gasteiger partial charge on any atom is -0.324 e. The molecule has 0 radical (unpaired) electrons. The maximum Gasteiger partial charge on any atom is 0.271 e. The number of hydrogen-bond donors (Lipinski definition) is 1. The number of nitrogens with zero attached hydrogens (tertiary/aromatic N) is 2. The zero-order valence-electron chi connectivity index (χ0n) is 14.4. The van der Waals surface area contributed by atoms with Crippen LogP contribution in [0.15, 0.2) is 48.5 Å². The summed E-state index contributed by atoms with van der Waals surface area (Å²) in [5.74, 6) is -0.601. The molecule has 0 aromatic heterocycles. The van der Waals surface area contributed by atoms with Crippen molar-refractivity contribution in [3.05, 3.63) is 64.2 Å². The standard InChI is InChI=1S/C17H19N3O5S/c1-3-13-7-9-15(10-8-13)19(26(2,24)25)12-17(21)18-14-5-4-6-16(11-14)20(22)23/h4-11H,3,12H2,1-2H3,(H,18,21). The van der Waals surface area contributed by atoms with Crippen molar-refractivity contribution in [2.75, 3.05) is 22.4 Å². The molecule has 2 aromatic rings. The molecule has 1 amide bonds. The van der Waals surface area contributed by atoms with Crippen LogP contribution in [0.25, 0.3) is 0 Å². The Balaban J connectivity index is 2.19. The molecule has 0 heterocycles. The Morgan fingerprint density at radius 2 is 1.85 bits per heavy atom. The summed E-state index contributed by atoms with van der Waals surface area (Å²) in [6.07, 6.45) is 1.83. The molecule has 0 saturated carbocycles. The number of aryl methyl sites for hydroxylation is 1. The number of nitro groups is 1. The highest BCUT2D eigenvalue weighted by molar-refractivity contribution is 7.92. The number of non-ortho nitro benzene ring substituents is 1. The maximum atomic E-state index is 12.3. The van der Waals surface area contributed by atoms with Gasteiger partial charge < -0.3 is 5.32 Å². The zero-order chi connectivity index (χ0) is 19.3. The van der Waals surface area contributed by atoms with Crippen LogP contribution in [-0.2, 0) is 21.2 Å². The van der Waals surface area contributed by atoms with E-state index >= 15 is 0 Å². The van der Waals surface area contributed by atoms with E-state index in [1.807, 2.05) is 6.92 Å². The number of nitrogens with one attached hydrogen (secondary N) is 1. The summed E-state index contributed by atoms with van der Waals surface area (Å²) in [6, 6.07) is 12.3. The molecule has 138 valence electrons. The Morgan fingerprint density at radius 3 is 2.38 bits per heavy atom. The van der Waals surface area contributed by atoms with Gasteiger partial charge in [-0.3, -0.25) is 19.2 Å². The van der Waals surface area contributed by atoms with Crippen molar-refractivity contribution in [1.82, 2.24) is 0 Å². The van der Waals surface area contributed by atoms with Crippen LogP contribution in [-0.4, -0.2) is 32.0 Å². The summed E-state index contributed by atoms with van der Waals surface area (Å²) in [4.78, 5) is 22.5. The van der Waals surface area contributed by atoms with Crippen LogP contribution < -0.4 is 9.62 Å². The number of benzene rings is 2. The third-order valence-electron chi connectivity index (χ3n) is 3.66. The molecule has 0 unspecified atom stereocenters. The number of rotatable bonds is 7. The van der Waals surface area contributed by atoms with Gasteiger partial charge in [0.05, 0.1) is 16.9 Å². The number of anilines is 2. The minimum atomic E-state index is -3.68. The normalized spacial score (nSPS) is 11.0. The number of sulfonamides is 1. The molecular formula is C17H19N3O5S. The quantitative estimate of drug-likeness (QED) is 0.589. The van der Waals surface area contributed by atoms with Gasteiger partial charge in [0.15, 0.2) is 0 Å². The van der Waals surface area contributed by atoms with Gasteiger partial charge in [0.1, 0.15) is 6.54 Å². The van der Waals surface area contributed by atoms with Gasteiger partial charge in [0.25, 0.3) is 5.69 Å². The Bertz CT molecular complexity index is 910. The van der Waals surface area contributed by atoms with Crippen LogP contribution in [0, 0.1) is 10.1 Å². The molecule has 0 atom stereocenters. The minimum absolute atomic E-state index is 0.169. The maximum absolute atomic E-state index is 12.3. The Hall–Kier alpha value is -2.94. The third kappa shape index (κ3) is 5.03. The van der Waals surface area contributed by atoms with Crippen LogP contribution in [0.3, 0.4) is 0 Å². The van der Waals surface area contributed by atoms with E-state index in [2.05, 4.69) is 5.32 Å². The van der Waals surface area contributed by atoms with Crippen LogP contribution in [0.4, 0.5) is 17.1 Å². The van der Waals surface area contributed by atoms with E-state index in [-0.39, 0.29) is 11.4 Å². The van der Waals surface area contributed by atoms with Crippen molar-refractivity contribution in [2.45, 2.75) is 13.3 Å². The van der Waals surface area contributed by atoms with Gasteiger partial charge >= 0.3 is 0 Å². The van der Waals surface area contributed by atoms with Crippen LogP contribution in [0.1, 0.15) is 12.5 Å². The first-order chi connectivity index (χ1) is 12.2. The first-order valence-electron chi connectivity index (χ1n) is 7.81. The monoisotopic (exact) mass is 377 g/mol. The molecule has 26 heavy (non-hydrogen) atoms. The first kappa shape index (κ1) is 19.4. The van der Waals surface area contributed by atoms with Gasteiger partial charge in [0.2, 0.25) is 15.9 Å². The molecule has 8 nitrogen and oxygen atoms in total. The number of nitro benzene ring substituents is 1. The molecule has 0 aliphatic carbocycles. The molecule has 1 N–H and O–H groups in total. The van der Waals surface area contributed by atoms with E-state index < -0.39 is 27.4 Å². The van der Waals surface area contributed by atoms with Gasteiger partial charge in [0, 0.05) is 17.8 Å². The highest BCUT2D eigenvalue weighted by Gasteiger charge is 2.21. The Morgan fingerprint density at radius 1 is 1.19 bits per heavy atom. The second kappa shape index (κ2) is 7.96. The lowest BCUT2D eigenvalue weighted by Crippen LogP contribution is -2.37. The van der Waals surface area contributed by atoms with Crippen molar-refractivity contribution in [3.8, 4) is 0 Å².